The van der Waals surface area contributed by atoms with E-state index in [9.17, 15) is 22.0 Å². The van der Waals surface area contributed by atoms with Gasteiger partial charge >= 0.3 is 0 Å². The summed E-state index contributed by atoms with van der Waals surface area (Å²) in [5.41, 5.74) is -0.179. The number of hydrogen-bond donors (Lipinski definition) is 2. The predicted molar refractivity (Wildman–Crippen MR) is 76.2 cm³/mol. The van der Waals surface area contributed by atoms with Gasteiger partial charge in [-0.05, 0) is 30.3 Å². The predicted octanol–water partition coefficient (Wildman–Crippen LogP) is 2.49. The monoisotopic (exact) mass is 332 g/mol. The van der Waals surface area contributed by atoms with Crippen molar-refractivity contribution in [2.75, 3.05) is 4.72 Å². The van der Waals surface area contributed by atoms with Crippen molar-refractivity contribution in [3.63, 3.8) is 0 Å². The molecule has 1 aromatic carbocycles. The number of nitrogens with one attached hydrogen (secondary N) is 2. The molecule has 0 atom stereocenters. The number of sulfonamides is 1. The summed E-state index contributed by atoms with van der Waals surface area (Å²) >= 11 is 0.373. The Morgan fingerprint density at radius 2 is 1.76 bits per heavy atom. The second-order valence-corrected chi connectivity index (χ2v) is 6.64. The molecule has 0 radical (unpaired) electrons. The second kappa shape index (κ2) is 6.27. The number of thioether (sulfide) groups is 1. The maximum absolute atomic E-state index is 12.2. The zero-order chi connectivity index (χ0) is 15.5. The highest BCUT2D eigenvalue weighted by molar-refractivity contribution is 7.99. The molecule has 0 bridgehead atoms. The lowest BCUT2D eigenvalue weighted by molar-refractivity contribution is 0.252. The SMILES string of the molecule is O=c1ccc(S(=O)(=O)Nc2ccc(SC(F)F)cc2)c[nH]1. The first-order chi connectivity index (χ1) is 9.87. The molecule has 0 saturated carbocycles. The third-order valence-electron chi connectivity index (χ3n) is 2.40. The van der Waals surface area contributed by atoms with Crippen molar-refractivity contribution in [2.45, 2.75) is 15.5 Å². The summed E-state index contributed by atoms with van der Waals surface area (Å²) in [6.45, 7) is 0. The van der Waals surface area contributed by atoms with Gasteiger partial charge in [-0.2, -0.15) is 8.78 Å². The quantitative estimate of drug-likeness (QED) is 0.825. The maximum Gasteiger partial charge on any atom is 0.288 e. The molecule has 0 aliphatic heterocycles. The van der Waals surface area contributed by atoms with E-state index in [0.717, 1.165) is 12.3 Å². The topological polar surface area (TPSA) is 79.0 Å². The fourth-order valence-electron chi connectivity index (χ4n) is 1.48. The van der Waals surface area contributed by atoms with Crippen LogP contribution in [-0.4, -0.2) is 19.2 Å². The van der Waals surface area contributed by atoms with Crippen LogP contribution in [0.3, 0.4) is 0 Å². The zero-order valence-electron chi connectivity index (χ0n) is 10.4. The van der Waals surface area contributed by atoms with Gasteiger partial charge in [0.15, 0.2) is 0 Å². The molecule has 112 valence electrons. The minimum absolute atomic E-state index is 0.104. The Hall–Kier alpha value is -1.87. The smallest absolute Gasteiger partial charge is 0.288 e. The van der Waals surface area contributed by atoms with Gasteiger partial charge in [0.1, 0.15) is 4.90 Å². The Balaban J connectivity index is 2.17. The summed E-state index contributed by atoms with van der Waals surface area (Å²) in [6, 6.07) is 7.81. The van der Waals surface area contributed by atoms with E-state index in [4.69, 9.17) is 0 Å². The molecule has 1 aromatic heterocycles. The molecule has 0 spiro atoms. The minimum Gasteiger partial charge on any atom is -0.328 e. The third kappa shape index (κ3) is 4.30. The second-order valence-electron chi connectivity index (χ2n) is 3.90. The fourth-order valence-corrected chi connectivity index (χ4v) is 3.01. The highest BCUT2D eigenvalue weighted by Crippen LogP contribution is 2.26. The van der Waals surface area contributed by atoms with Gasteiger partial charge in [-0.1, -0.05) is 11.8 Å². The zero-order valence-corrected chi connectivity index (χ0v) is 12.0. The highest BCUT2D eigenvalue weighted by atomic mass is 32.2. The van der Waals surface area contributed by atoms with Crippen LogP contribution in [0.1, 0.15) is 0 Å². The number of rotatable bonds is 5. The number of pyridine rings is 1. The van der Waals surface area contributed by atoms with Crippen LogP contribution in [0.4, 0.5) is 14.5 Å². The summed E-state index contributed by atoms with van der Waals surface area (Å²) in [4.78, 5) is 13.4. The number of alkyl halides is 2. The number of aromatic amines is 1. The molecule has 0 amide bonds. The van der Waals surface area contributed by atoms with Crippen molar-refractivity contribution < 1.29 is 17.2 Å². The van der Waals surface area contributed by atoms with Gasteiger partial charge in [-0.15, -0.1) is 0 Å². The Morgan fingerprint density at radius 1 is 1.10 bits per heavy atom. The Labute approximate surface area is 123 Å². The molecule has 0 aliphatic rings. The van der Waals surface area contributed by atoms with Gasteiger partial charge in [0.2, 0.25) is 5.56 Å². The summed E-state index contributed by atoms with van der Waals surface area (Å²) in [7, 11) is -3.84. The normalized spacial score (nSPS) is 11.6. The largest absolute Gasteiger partial charge is 0.328 e. The molecule has 2 aromatic rings. The minimum atomic E-state index is -3.84. The molecule has 2 N–H and O–H groups in total. The number of benzene rings is 1. The van der Waals surface area contributed by atoms with E-state index >= 15 is 0 Å². The van der Waals surface area contributed by atoms with E-state index in [-0.39, 0.29) is 10.6 Å². The number of anilines is 1. The van der Waals surface area contributed by atoms with Gasteiger partial charge in [-0.25, -0.2) is 8.42 Å². The van der Waals surface area contributed by atoms with Crippen LogP contribution >= 0.6 is 11.8 Å². The van der Waals surface area contributed by atoms with Crippen molar-refractivity contribution in [1.29, 1.82) is 0 Å². The van der Waals surface area contributed by atoms with Crippen LogP contribution in [0.2, 0.25) is 0 Å². The molecule has 9 heteroatoms. The van der Waals surface area contributed by atoms with E-state index in [1.807, 2.05) is 0 Å². The molecule has 0 aliphatic carbocycles. The Bertz CT molecular complexity index is 753. The lowest BCUT2D eigenvalue weighted by Gasteiger charge is -2.08. The van der Waals surface area contributed by atoms with E-state index in [0.29, 0.717) is 16.7 Å². The van der Waals surface area contributed by atoms with Gasteiger partial charge in [-0.3, -0.25) is 9.52 Å². The maximum atomic E-state index is 12.2. The van der Waals surface area contributed by atoms with E-state index in [2.05, 4.69) is 9.71 Å². The fraction of sp³-hybridized carbons (Fsp3) is 0.0833. The summed E-state index contributed by atoms with van der Waals surface area (Å²) in [6.07, 6.45) is 1.08. The van der Waals surface area contributed by atoms with Crippen LogP contribution in [0.5, 0.6) is 0 Å². The highest BCUT2D eigenvalue weighted by Gasteiger charge is 2.14. The molecule has 2 rings (SSSR count). The number of H-pyrrole nitrogens is 1. The summed E-state index contributed by atoms with van der Waals surface area (Å²) in [5, 5.41) is 0. The van der Waals surface area contributed by atoms with Crippen LogP contribution < -0.4 is 10.3 Å². The molecule has 0 unspecified atom stereocenters. The molecular formula is C12H10F2N2O3S2. The van der Waals surface area contributed by atoms with Crippen molar-refractivity contribution in [3.05, 3.63) is 52.9 Å². The van der Waals surface area contributed by atoms with Gasteiger partial charge in [0.25, 0.3) is 15.8 Å². The van der Waals surface area contributed by atoms with Crippen LogP contribution in [-0.2, 0) is 10.0 Å². The van der Waals surface area contributed by atoms with E-state index < -0.39 is 21.3 Å². The molecule has 21 heavy (non-hydrogen) atoms. The first-order valence-electron chi connectivity index (χ1n) is 5.63. The molecular weight excluding hydrogens is 322 g/mol. The van der Waals surface area contributed by atoms with Crippen LogP contribution in [0, 0.1) is 0 Å². The van der Waals surface area contributed by atoms with E-state index in [1.54, 1.807) is 0 Å². The lowest BCUT2D eigenvalue weighted by Crippen LogP contribution is -2.15. The summed E-state index contributed by atoms with van der Waals surface area (Å²) in [5.74, 6) is -2.53. The van der Waals surface area contributed by atoms with Crippen LogP contribution in [0.25, 0.3) is 0 Å². The van der Waals surface area contributed by atoms with Crippen LogP contribution in [0.15, 0.2) is 57.2 Å². The van der Waals surface area contributed by atoms with Gasteiger partial charge in [0.05, 0.1) is 0 Å². The molecule has 0 saturated heterocycles. The lowest BCUT2D eigenvalue weighted by atomic mass is 10.3. The third-order valence-corrected chi connectivity index (χ3v) is 4.50. The molecule has 0 fully saturated rings. The first-order valence-corrected chi connectivity index (χ1v) is 7.99. The van der Waals surface area contributed by atoms with Gasteiger partial charge in [0, 0.05) is 22.8 Å². The standard InChI is InChI=1S/C12H10F2N2O3S2/c13-12(14)20-9-3-1-8(2-4-9)16-21(18,19)10-5-6-11(17)15-7-10/h1-7,12,16H,(H,15,17). The van der Waals surface area contributed by atoms with Crippen molar-refractivity contribution >= 4 is 27.5 Å². The van der Waals surface area contributed by atoms with Crippen molar-refractivity contribution in [2.24, 2.45) is 0 Å². The summed E-state index contributed by atoms with van der Waals surface area (Å²) < 4.78 is 50.7. The molecule has 5 nitrogen and oxygen atoms in total. The first kappa shape index (κ1) is 15.5. The van der Waals surface area contributed by atoms with Crippen molar-refractivity contribution in [1.82, 2.24) is 4.98 Å². The number of hydrogen-bond acceptors (Lipinski definition) is 4. The van der Waals surface area contributed by atoms with E-state index in [1.165, 1.54) is 30.3 Å². The number of halogens is 2. The Kier molecular flexibility index (Phi) is 4.63. The van der Waals surface area contributed by atoms with Crippen molar-refractivity contribution in [3.8, 4) is 0 Å². The van der Waals surface area contributed by atoms with Gasteiger partial charge < -0.3 is 4.98 Å². The number of aromatic nitrogens is 1. The average molecular weight is 332 g/mol. The molecule has 1 heterocycles. The average Bonchev–Trinajstić information content (AvgIpc) is 2.40. The Morgan fingerprint density at radius 3 is 2.29 bits per heavy atom.